The zero-order valence-electron chi connectivity index (χ0n) is 9.70. The largest absolute Gasteiger partial charge is 0.394 e. The third-order valence-electron chi connectivity index (χ3n) is 3.25. The minimum atomic E-state index is -0.0750. The van der Waals surface area contributed by atoms with Gasteiger partial charge in [-0.05, 0) is 23.3 Å². The molecule has 1 atom stereocenters. The summed E-state index contributed by atoms with van der Waals surface area (Å²) in [4.78, 5) is 2.23. The number of aromatic nitrogens is 4. The Morgan fingerprint density at radius 1 is 1.41 bits per heavy atom. The lowest BCUT2D eigenvalue weighted by molar-refractivity contribution is -0.0559. The first-order chi connectivity index (χ1) is 8.36. The number of hydrogen-bond donors (Lipinski definition) is 1. The molecule has 0 spiro atoms. The van der Waals surface area contributed by atoms with Crippen LogP contribution in [0.3, 0.4) is 0 Å². The summed E-state index contributed by atoms with van der Waals surface area (Å²) in [5.41, 5.74) is 0. The van der Waals surface area contributed by atoms with Crippen molar-refractivity contribution < 1.29 is 9.84 Å². The van der Waals surface area contributed by atoms with E-state index < -0.39 is 0 Å². The second-order valence-electron chi connectivity index (χ2n) is 4.68. The van der Waals surface area contributed by atoms with Crippen molar-refractivity contribution in [1.29, 1.82) is 0 Å². The lowest BCUT2D eigenvalue weighted by atomic mass is 10.3. The maximum atomic E-state index is 9.09. The smallest absolute Gasteiger partial charge is 0.165 e. The SMILES string of the molecule is OCC1CN(Cc2nnnn2C2CC2)CCO1. The van der Waals surface area contributed by atoms with Gasteiger partial charge in [-0.3, -0.25) is 4.90 Å². The van der Waals surface area contributed by atoms with Gasteiger partial charge in [0.15, 0.2) is 5.82 Å². The third kappa shape index (κ3) is 2.46. The van der Waals surface area contributed by atoms with Crippen LogP contribution >= 0.6 is 0 Å². The number of hydrogen-bond acceptors (Lipinski definition) is 6. The van der Waals surface area contributed by atoms with E-state index in [4.69, 9.17) is 9.84 Å². The van der Waals surface area contributed by atoms with Crippen molar-refractivity contribution in [2.45, 2.75) is 31.5 Å². The summed E-state index contributed by atoms with van der Waals surface area (Å²) >= 11 is 0. The average molecular weight is 239 g/mol. The molecule has 1 unspecified atom stereocenters. The van der Waals surface area contributed by atoms with Gasteiger partial charge in [0.2, 0.25) is 0 Å². The normalized spacial score (nSPS) is 26.3. The Morgan fingerprint density at radius 3 is 3.06 bits per heavy atom. The lowest BCUT2D eigenvalue weighted by Gasteiger charge is -2.31. The summed E-state index contributed by atoms with van der Waals surface area (Å²) < 4.78 is 7.35. The Labute approximate surface area is 99.4 Å². The highest BCUT2D eigenvalue weighted by molar-refractivity contribution is 4.91. The molecule has 7 heteroatoms. The van der Waals surface area contributed by atoms with E-state index in [1.54, 1.807) is 0 Å². The van der Waals surface area contributed by atoms with Crippen molar-refractivity contribution in [1.82, 2.24) is 25.1 Å². The summed E-state index contributed by atoms with van der Waals surface area (Å²) in [6.07, 6.45) is 2.29. The monoisotopic (exact) mass is 239 g/mol. The van der Waals surface area contributed by atoms with Crippen molar-refractivity contribution in [3.05, 3.63) is 5.82 Å². The quantitative estimate of drug-likeness (QED) is 0.741. The standard InChI is InChI=1S/C10H17N5O2/c16-7-9-5-14(3-4-17-9)6-10-11-12-13-15(10)8-1-2-8/h8-9,16H,1-7H2. The van der Waals surface area contributed by atoms with Gasteiger partial charge in [0, 0.05) is 13.1 Å². The summed E-state index contributed by atoms with van der Waals surface area (Å²) in [6.45, 7) is 3.09. The van der Waals surface area contributed by atoms with Crippen LogP contribution in [0.4, 0.5) is 0 Å². The van der Waals surface area contributed by atoms with Gasteiger partial charge in [0.05, 0.1) is 31.9 Å². The highest BCUT2D eigenvalue weighted by Gasteiger charge is 2.29. The topological polar surface area (TPSA) is 76.3 Å². The molecule has 7 nitrogen and oxygen atoms in total. The molecule has 94 valence electrons. The number of ether oxygens (including phenoxy) is 1. The van der Waals surface area contributed by atoms with Crippen LogP contribution in [0.25, 0.3) is 0 Å². The molecule has 1 saturated carbocycles. The van der Waals surface area contributed by atoms with Crippen LogP contribution in [0.5, 0.6) is 0 Å². The van der Waals surface area contributed by atoms with E-state index in [2.05, 4.69) is 20.4 Å². The van der Waals surface area contributed by atoms with E-state index in [-0.39, 0.29) is 12.7 Å². The van der Waals surface area contributed by atoms with Crippen LogP contribution in [0.2, 0.25) is 0 Å². The fourth-order valence-electron chi connectivity index (χ4n) is 2.15. The number of aliphatic hydroxyl groups excluding tert-OH is 1. The Balaban J connectivity index is 1.63. The highest BCUT2D eigenvalue weighted by atomic mass is 16.5. The Kier molecular flexibility index (Phi) is 3.04. The van der Waals surface area contributed by atoms with Crippen molar-refractivity contribution in [3.8, 4) is 0 Å². The molecule has 0 radical (unpaired) electrons. The Morgan fingerprint density at radius 2 is 2.29 bits per heavy atom. The molecule has 2 aliphatic rings. The van der Waals surface area contributed by atoms with Gasteiger partial charge in [-0.2, -0.15) is 0 Å². The Bertz CT molecular complexity index is 379. The van der Waals surface area contributed by atoms with Crippen LogP contribution in [0, 0.1) is 0 Å². The minimum absolute atomic E-state index is 0.0735. The zero-order valence-corrected chi connectivity index (χ0v) is 9.70. The predicted molar refractivity (Wildman–Crippen MR) is 58.2 cm³/mol. The summed E-state index contributed by atoms with van der Waals surface area (Å²) in [5, 5.41) is 20.9. The van der Waals surface area contributed by atoms with Gasteiger partial charge in [0.1, 0.15) is 0 Å². The fraction of sp³-hybridized carbons (Fsp3) is 0.900. The summed E-state index contributed by atoms with van der Waals surface area (Å²) in [7, 11) is 0. The lowest BCUT2D eigenvalue weighted by Crippen LogP contribution is -2.43. The molecular weight excluding hydrogens is 222 g/mol. The van der Waals surface area contributed by atoms with Crippen LogP contribution < -0.4 is 0 Å². The number of aliphatic hydroxyl groups is 1. The first-order valence-corrected chi connectivity index (χ1v) is 6.08. The van der Waals surface area contributed by atoms with Crippen molar-refractivity contribution in [2.75, 3.05) is 26.3 Å². The molecule has 1 aromatic rings. The van der Waals surface area contributed by atoms with Crippen LogP contribution in [0.1, 0.15) is 24.7 Å². The molecule has 1 aromatic heterocycles. The molecule has 3 rings (SSSR count). The van der Waals surface area contributed by atoms with Gasteiger partial charge < -0.3 is 9.84 Å². The number of rotatable bonds is 4. The molecule has 0 aromatic carbocycles. The summed E-state index contributed by atoms with van der Waals surface area (Å²) in [6, 6.07) is 0.509. The molecule has 1 N–H and O–H groups in total. The molecule has 1 saturated heterocycles. The summed E-state index contributed by atoms with van der Waals surface area (Å²) in [5.74, 6) is 0.922. The van der Waals surface area contributed by atoms with E-state index in [9.17, 15) is 0 Å². The second kappa shape index (κ2) is 4.67. The molecule has 0 bridgehead atoms. The van der Waals surface area contributed by atoms with Gasteiger partial charge >= 0.3 is 0 Å². The molecule has 2 heterocycles. The molecule has 1 aliphatic heterocycles. The van der Waals surface area contributed by atoms with Crippen molar-refractivity contribution in [2.24, 2.45) is 0 Å². The predicted octanol–water partition coefficient (Wildman–Crippen LogP) is -0.799. The molecular formula is C10H17N5O2. The first-order valence-electron chi connectivity index (χ1n) is 6.08. The van der Waals surface area contributed by atoms with Gasteiger partial charge in [0.25, 0.3) is 0 Å². The van der Waals surface area contributed by atoms with E-state index in [1.165, 1.54) is 12.8 Å². The third-order valence-corrected chi connectivity index (χ3v) is 3.25. The van der Waals surface area contributed by atoms with Crippen LogP contribution in [0.15, 0.2) is 0 Å². The van der Waals surface area contributed by atoms with E-state index >= 15 is 0 Å². The van der Waals surface area contributed by atoms with Gasteiger partial charge in [-0.1, -0.05) is 0 Å². The van der Waals surface area contributed by atoms with Crippen molar-refractivity contribution >= 4 is 0 Å². The average Bonchev–Trinajstić information content (AvgIpc) is 3.11. The molecule has 1 aliphatic carbocycles. The Hall–Kier alpha value is -1.05. The maximum absolute atomic E-state index is 9.09. The minimum Gasteiger partial charge on any atom is -0.394 e. The van der Waals surface area contributed by atoms with Crippen LogP contribution in [-0.4, -0.2) is 62.6 Å². The van der Waals surface area contributed by atoms with E-state index in [0.29, 0.717) is 12.6 Å². The van der Waals surface area contributed by atoms with Crippen molar-refractivity contribution in [3.63, 3.8) is 0 Å². The van der Waals surface area contributed by atoms with E-state index in [0.717, 1.165) is 25.5 Å². The molecule has 17 heavy (non-hydrogen) atoms. The number of nitrogens with zero attached hydrogens (tertiary/aromatic N) is 5. The highest BCUT2D eigenvalue weighted by Crippen LogP contribution is 2.34. The van der Waals surface area contributed by atoms with E-state index in [1.807, 2.05) is 4.68 Å². The maximum Gasteiger partial charge on any atom is 0.165 e. The number of tetrazole rings is 1. The van der Waals surface area contributed by atoms with Crippen LogP contribution in [-0.2, 0) is 11.3 Å². The second-order valence-corrected chi connectivity index (χ2v) is 4.68. The molecule has 0 amide bonds. The number of morpholine rings is 1. The molecule has 2 fully saturated rings. The fourth-order valence-corrected chi connectivity index (χ4v) is 2.15. The van der Waals surface area contributed by atoms with Gasteiger partial charge in [-0.15, -0.1) is 5.10 Å². The van der Waals surface area contributed by atoms with Gasteiger partial charge in [-0.25, -0.2) is 4.68 Å². The first kappa shape index (κ1) is 11.1. The zero-order chi connectivity index (χ0) is 11.7.